The molecule has 2 aromatic carbocycles. The number of aliphatic hydroxyl groups is 1. The molecule has 1 unspecified atom stereocenters. The Hall–Kier alpha value is -1.29. The summed E-state index contributed by atoms with van der Waals surface area (Å²) in [6, 6.07) is 9.46. The van der Waals surface area contributed by atoms with Gasteiger partial charge in [-0.15, -0.1) is 0 Å². The van der Waals surface area contributed by atoms with E-state index in [4.69, 9.17) is 27.9 Å². The molecule has 106 valence electrons. The number of ether oxygens (including phenoxy) is 1. The lowest BCUT2D eigenvalue weighted by Crippen LogP contribution is -2.06. The van der Waals surface area contributed by atoms with Gasteiger partial charge in [0, 0.05) is 6.42 Å². The van der Waals surface area contributed by atoms with E-state index in [1.54, 1.807) is 24.3 Å². The highest BCUT2D eigenvalue weighted by atomic mass is 35.5. The van der Waals surface area contributed by atoms with Crippen molar-refractivity contribution >= 4 is 23.2 Å². The number of hydrogen-bond donors (Lipinski definition) is 1. The summed E-state index contributed by atoms with van der Waals surface area (Å²) in [6.45, 7) is 0. The molecule has 0 radical (unpaired) electrons. The van der Waals surface area contributed by atoms with Gasteiger partial charge in [0.25, 0.3) is 0 Å². The summed E-state index contributed by atoms with van der Waals surface area (Å²) in [5.41, 5.74) is 0.901. The Labute approximate surface area is 126 Å². The fraction of sp³-hybridized carbons (Fsp3) is 0.200. The molecular formula is C15H13Cl2FO2. The predicted molar refractivity (Wildman–Crippen MR) is 78.1 cm³/mol. The molecule has 0 bridgehead atoms. The van der Waals surface area contributed by atoms with Crippen molar-refractivity contribution in [3.8, 4) is 5.75 Å². The van der Waals surface area contributed by atoms with E-state index in [0.29, 0.717) is 15.8 Å². The van der Waals surface area contributed by atoms with Crippen molar-refractivity contribution in [2.45, 2.75) is 12.5 Å². The maximum absolute atomic E-state index is 13.8. The van der Waals surface area contributed by atoms with Crippen molar-refractivity contribution in [1.82, 2.24) is 0 Å². The molecule has 2 nitrogen and oxygen atoms in total. The molecule has 0 amide bonds. The summed E-state index contributed by atoms with van der Waals surface area (Å²) in [7, 11) is 1.43. The number of hydrogen-bond acceptors (Lipinski definition) is 2. The second kappa shape index (κ2) is 6.44. The summed E-state index contributed by atoms with van der Waals surface area (Å²) in [5, 5.41) is 11.1. The van der Waals surface area contributed by atoms with Crippen LogP contribution in [0.15, 0.2) is 36.4 Å². The molecule has 0 saturated carbocycles. The Balaban J connectivity index is 2.28. The molecular weight excluding hydrogens is 302 g/mol. The summed E-state index contributed by atoms with van der Waals surface area (Å²) in [5.74, 6) is -0.186. The van der Waals surface area contributed by atoms with Gasteiger partial charge in [0.1, 0.15) is 11.6 Å². The van der Waals surface area contributed by atoms with Crippen molar-refractivity contribution in [3.63, 3.8) is 0 Å². The number of rotatable bonds is 4. The van der Waals surface area contributed by atoms with Crippen molar-refractivity contribution < 1.29 is 14.2 Å². The minimum Gasteiger partial charge on any atom is -0.496 e. The molecule has 0 aliphatic heterocycles. The quantitative estimate of drug-likeness (QED) is 0.905. The average Bonchev–Trinajstić information content (AvgIpc) is 2.42. The van der Waals surface area contributed by atoms with Crippen molar-refractivity contribution in [2.24, 2.45) is 0 Å². The molecule has 2 aromatic rings. The fourth-order valence-corrected chi connectivity index (χ4v) is 2.33. The van der Waals surface area contributed by atoms with Crippen LogP contribution in [0.2, 0.25) is 10.0 Å². The highest BCUT2D eigenvalue weighted by molar-refractivity contribution is 6.42. The molecule has 0 aromatic heterocycles. The molecule has 0 heterocycles. The molecule has 0 spiro atoms. The SMILES string of the molecule is COc1cccc(F)c1C(O)Cc1ccc(Cl)c(Cl)c1. The van der Waals surface area contributed by atoms with Gasteiger partial charge in [-0.25, -0.2) is 4.39 Å². The van der Waals surface area contributed by atoms with E-state index < -0.39 is 11.9 Å². The van der Waals surface area contributed by atoms with Gasteiger partial charge in [0.15, 0.2) is 0 Å². The van der Waals surface area contributed by atoms with E-state index in [1.807, 2.05) is 0 Å². The standard InChI is InChI=1S/C15H13Cl2FO2/c1-20-14-4-2-3-12(18)15(14)13(19)8-9-5-6-10(16)11(17)7-9/h2-7,13,19H,8H2,1H3. The van der Waals surface area contributed by atoms with Crippen molar-refractivity contribution in [1.29, 1.82) is 0 Å². The lowest BCUT2D eigenvalue weighted by Gasteiger charge is -2.16. The second-order valence-corrected chi connectivity index (χ2v) is 5.14. The lowest BCUT2D eigenvalue weighted by atomic mass is 10.00. The van der Waals surface area contributed by atoms with Gasteiger partial charge in [0.05, 0.1) is 28.8 Å². The molecule has 0 fully saturated rings. The maximum atomic E-state index is 13.8. The largest absolute Gasteiger partial charge is 0.496 e. The second-order valence-electron chi connectivity index (χ2n) is 4.32. The van der Waals surface area contributed by atoms with Crippen LogP contribution in [0, 0.1) is 5.82 Å². The van der Waals surface area contributed by atoms with Gasteiger partial charge in [0.2, 0.25) is 0 Å². The van der Waals surface area contributed by atoms with E-state index >= 15 is 0 Å². The zero-order chi connectivity index (χ0) is 14.7. The van der Waals surface area contributed by atoms with Gasteiger partial charge in [-0.3, -0.25) is 0 Å². The first-order valence-electron chi connectivity index (χ1n) is 5.97. The van der Waals surface area contributed by atoms with Gasteiger partial charge < -0.3 is 9.84 Å². The van der Waals surface area contributed by atoms with Crippen molar-refractivity contribution in [2.75, 3.05) is 7.11 Å². The number of methoxy groups -OCH3 is 1. The van der Waals surface area contributed by atoms with E-state index in [0.717, 1.165) is 5.56 Å². The Morgan fingerprint density at radius 3 is 2.60 bits per heavy atom. The van der Waals surface area contributed by atoms with E-state index in [-0.39, 0.29) is 12.0 Å². The predicted octanol–water partition coefficient (Wildman–Crippen LogP) is 4.42. The van der Waals surface area contributed by atoms with Crippen LogP contribution in [-0.4, -0.2) is 12.2 Å². The van der Waals surface area contributed by atoms with Gasteiger partial charge in [-0.2, -0.15) is 0 Å². The van der Waals surface area contributed by atoms with Gasteiger partial charge in [-0.05, 0) is 29.8 Å². The number of benzene rings is 2. The third-order valence-corrected chi connectivity index (χ3v) is 3.72. The van der Waals surface area contributed by atoms with Crippen LogP contribution in [0.3, 0.4) is 0 Å². The highest BCUT2D eigenvalue weighted by Crippen LogP contribution is 2.31. The van der Waals surface area contributed by atoms with Crippen LogP contribution < -0.4 is 4.74 Å². The summed E-state index contributed by atoms with van der Waals surface area (Å²) < 4.78 is 18.9. The summed E-state index contributed by atoms with van der Waals surface area (Å²) >= 11 is 11.8. The smallest absolute Gasteiger partial charge is 0.132 e. The first-order chi connectivity index (χ1) is 9.52. The van der Waals surface area contributed by atoms with E-state index in [9.17, 15) is 9.50 Å². The molecule has 2 rings (SSSR count). The molecule has 0 aliphatic rings. The monoisotopic (exact) mass is 314 g/mol. The van der Waals surface area contributed by atoms with Crippen LogP contribution in [0.1, 0.15) is 17.2 Å². The van der Waals surface area contributed by atoms with Crippen LogP contribution >= 0.6 is 23.2 Å². The Bertz CT molecular complexity index is 617. The Morgan fingerprint density at radius 2 is 1.95 bits per heavy atom. The van der Waals surface area contributed by atoms with Crippen LogP contribution in [-0.2, 0) is 6.42 Å². The summed E-state index contributed by atoms with van der Waals surface area (Å²) in [4.78, 5) is 0. The topological polar surface area (TPSA) is 29.5 Å². The Kier molecular flexibility index (Phi) is 4.86. The first kappa shape index (κ1) is 15.1. The van der Waals surface area contributed by atoms with E-state index in [1.165, 1.54) is 19.2 Å². The minimum atomic E-state index is -1.02. The number of aliphatic hydroxyl groups excluding tert-OH is 1. The average molecular weight is 315 g/mol. The van der Waals surface area contributed by atoms with Crippen LogP contribution in [0.5, 0.6) is 5.75 Å². The van der Waals surface area contributed by atoms with Crippen LogP contribution in [0.4, 0.5) is 4.39 Å². The van der Waals surface area contributed by atoms with Crippen LogP contribution in [0.25, 0.3) is 0 Å². The number of halogens is 3. The third-order valence-electron chi connectivity index (χ3n) is 2.98. The minimum absolute atomic E-state index is 0.140. The molecule has 1 atom stereocenters. The lowest BCUT2D eigenvalue weighted by molar-refractivity contribution is 0.169. The molecule has 20 heavy (non-hydrogen) atoms. The summed E-state index contributed by atoms with van der Waals surface area (Å²) in [6.07, 6.45) is -0.808. The first-order valence-corrected chi connectivity index (χ1v) is 6.73. The van der Waals surface area contributed by atoms with Gasteiger partial charge in [-0.1, -0.05) is 35.3 Å². The van der Waals surface area contributed by atoms with Gasteiger partial charge >= 0.3 is 0 Å². The Morgan fingerprint density at radius 1 is 1.20 bits per heavy atom. The molecule has 5 heteroatoms. The van der Waals surface area contributed by atoms with E-state index in [2.05, 4.69) is 0 Å². The normalized spacial score (nSPS) is 12.2. The zero-order valence-electron chi connectivity index (χ0n) is 10.7. The maximum Gasteiger partial charge on any atom is 0.132 e. The third kappa shape index (κ3) is 3.23. The molecule has 0 saturated heterocycles. The molecule has 0 aliphatic carbocycles. The fourth-order valence-electron chi connectivity index (χ4n) is 2.01. The highest BCUT2D eigenvalue weighted by Gasteiger charge is 2.18. The molecule has 1 N–H and O–H groups in total. The zero-order valence-corrected chi connectivity index (χ0v) is 12.2. The van der Waals surface area contributed by atoms with Crippen molar-refractivity contribution in [3.05, 3.63) is 63.4 Å².